The molecular weight excluding hydrogens is 411 g/mol. The highest BCUT2D eigenvalue weighted by Crippen LogP contribution is 2.28. The van der Waals surface area contributed by atoms with Gasteiger partial charge in [-0.2, -0.15) is 0 Å². The summed E-state index contributed by atoms with van der Waals surface area (Å²) in [4.78, 5) is 23.0. The van der Waals surface area contributed by atoms with Gasteiger partial charge in [-0.3, -0.25) is 4.98 Å². The van der Waals surface area contributed by atoms with Crippen molar-refractivity contribution >= 4 is 39.0 Å². The molecule has 1 aromatic carbocycles. The van der Waals surface area contributed by atoms with E-state index in [1.54, 1.807) is 0 Å². The molecule has 0 saturated carbocycles. The Kier molecular flexibility index (Phi) is 5.25. The monoisotopic (exact) mass is 422 g/mol. The molecule has 0 unspecified atom stereocenters. The molecule has 0 radical (unpaired) electrons. The van der Waals surface area contributed by atoms with Crippen molar-refractivity contribution in [2.45, 2.75) is 5.03 Å². The molecule has 3 aromatic rings. The summed E-state index contributed by atoms with van der Waals surface area (Å²) in [5, 5.41) is 11.4. The summed E-state index contributed by atoms with van der Waals surface area (Å²) in [6.45, 7) is 0. The molecule has 2 heterocycles. The number of aromatic carboxylic acids is 1. The summed E-state index contributed by atoms with van der Waals surface area (Å²) in [6.07, 6.45) is 4.65. The summed E-state index contributed by atoms with van der Waals surface area (Å²) >= 11 is 5.72. The van der Waals surface area contributed by atoms with E-state index in [9.17, 15) is 17.6 Å². The molecule has 0 spiro atoms. The number of carboxylic acid groups (broad SMARTS) is 1. The molecule has 0 amide bonds. The first-order valence-electron chi connectivity index (χ1n) is 7.63. The molecule has 0 aliphatic rings. The average Bonchev–Trinajstić information content (AvgIpc) is 2.64. The molecule has 8 nitrogen and oxygen atoms in total. The molecule has 144 valence electrons. The zero-order chi connectivity index (χ0) is 20.5. The van der Waals surface area contributed by atoms with E-state index in [0.29, 0.717) is 5.69 Å². The number of carboxylic acids is 1. The van der Waals surface area contributed by atoms with Crippen molar-refractivity contribution in [2.24, 2.45) is 0 Å². The molecule has 3 rings (SSSR count). The largest absolute Gasteiger partial charge is 0.478 e. The topological polar surface area (TPSA) is 122 Å². The highest BCUT2D eigenvalue weighted by Gasteiger charge is 2.20. The van der Waals surface area contributed by atoms with Crippen LogP contribution in [0.4, 0.5) is 16.0 Å². The maximum atomic E-state index is 13.3. The molecule has 0 atom stereocenters. The minimum absolute atomic E-state index is 0.0609. The third-order valence-electron chi connectivity index (χ3n) is 3.58. The van der Waals surface area contributed by atoms with Gasteiger partial charge in [-0.1, -0.05) is 11.6 Å². The molecule has 0 aliphatic carbocycles. The Morgan fingerprint density at radius 3 is 2.61 bits per heavy atom. The lowest BCUT2D eigenvalue weighted by Crippen LogP contribution is -2.08. The molecule has 0 aliphatic heterocycles. The number of nitrogens with one attached hydrogen (secondary N) is 1. The number of carbonyl (C=O) groups is 1. The molecule has 0 fully saturated rings. The summed E-state index contributed by atoms with van der Waals surface area (Å²) in [5.74, 6) is -1.87. The van der Waals surface area contributed by atoms with Crippen LogP contribution < -0.4 is 5.32 Å². The van der Waals surface area contributed by atoms with Gasteiger partial charge in [-0.15, -0.1) is 0 Å². The zero-order valence-corrected chi connectivity index (χ0v) is 15.8. The fourth-order valence-corrected chi connectivity index (χ4v) is 3.32. The summed E-state index contributed by atoms with van der Waals surface area (Å²) < 4.78 is 37.7. The van der Waals surface area contributed by atoms with Crippen molar-refractivity contribution in [2.75, 3.05) is 11.6 Å². The van der Waals surface area contributed by atoms with E-state index in [4.69, 9.17) is 16.7 Å². The maximum absolute atomic E-state index is 13.3. The van der Waals surface area contributed by atoms with Crippen molar-refractivity contribution in [3.8, 4) is 11.1 Å². The SMILES string of the molecule is CS(=O)(=O)c1nc(Nc2ccc(F)c(Cl)c2)ncc1-c1cncc(C(=O)O)c1. The van der Waals surface area contributed by atoms with Crippen LogP contribution in [0.2, 0.25) is 5.02 Å². The number of nitrogens with zero attached hydrogens (tertiary/aromatic N) is 3. The van der Waals surface area contributed by atoms with Crippen LogP contribution in [0.5, 0.6) is 0 Å². The molecule has 28 heavy (non-hydrogen) atoms. The zero-order valence-electron chi connectivity index (χ0n) is 14.2. The normalized spacial score (nSPS) is 11.2. The van der Waals surface area contributed by atoms with E-state index >= 15 is 0 Å². The summed E-state index contributed by atoms with van der Waals surface area (Å²) in [5.41, 5.74) is 0.575. The van der Waals surface area contributed by atoms with Gasteiger partial charge in [0.25, 0.3) is 0 Å². The van der Waals surface area contributed by atoms with Gasteiger partial charge < -0.3 is 10.4 Å². The van der Waals surface area contributed by atoms with Crippen LogP contribution in [0, 0.1) is 5.82 Å². The van der Waals surface area contributed by atoms with Crippen LogP contribution in [0.25, 0.3) is 11.1 Å². The van der Waals surface area contributed by atoms with Crippen LogP contribution in [-0.2, 0) is 9.84 Å². The van der Waals surface area contributed by atoms with Gasteiger partial charge >= 0.3 is 5.97 Å². The first-order valence-corrected chi connectivity index (χ1v) is 9.90. The highest BCUT2D eigenvalue weighted by atomic mass is 35.5. The van der Waals surface area contributed by atoms with Crippen LogP contribution in [0.15, 0.2) is 47.9 Å². The minimum atomic E-state index is -3.80. The first kappa shape index (κ1) is 19.6. The summed E-state index contributed by atoms with van der Waals surface area (Å²) in [7, 11) is -3.80. The predicted molar refractivity (Wildman–Crippen MR) is 100 cm³/mol. The van der Waals surface area contributed by atoms with Crippen molar-refractivity contribution in [1.29, 1.82) is 0 Å². The van der Waals surface area contributed by atoms with Gasteiger partial charge in [0.2, 0.25) is 5.95 Å². The Balaban J connectivity index is 2.07. The highest BCUT2D eigenvalue weighted by molar-refractivity contribution is 7.90. The van der Waals surface area contributed by atoms with Crippen molar-refractivity contribution < 1.29 is 22.7 Å². The molecule has 2 N–H and O–H groups in total. The van der Waals surface area contributed by atoms with E-state index in [1.807, 2.05) is 0 Å². The van der Waals surface area contributed by atoms with Crippen molar-refractivity contribution in [3.05, 3.63) is 59.3 Å². The Morgan fingerprint density at radius 2 is 1.96 bits per heavy atom. The standard InChI is InChI=1S/C17H12ClFN4O4S/c1-28(26,27)15-12(9-4-10(16(24)25)7-20-6-9)8-21-17(23-15)22-11-2-3-14(19)13(18)5-11/h2-8H,1H3,(H,24,25)(H,21,22,23). The number of hydrogen-bond acceptors (Lipinski definition) is 7. The van der Waals surface area contributed by atoms with E-state index in [1.165, 1.54) is 30.6 Å². The first-order chi connectivity index (χ1) is 13.1. The number of hydrogen-bond donors (Lipinski definition) is 2. The molecular formula is C17H12ClFN4O4S. The van der Waals surface area contributed by atoms with E-state index in [2.05, 4.69) is 20.3 Å². The number of rotatable bonds is 5. The summed E-state index contributed by atoms with van der Waals surface area (Å²) in [6, 6.07) is 5.10. The van der Waals surface area contributed by atoms with Gasteiger partial charge in [-0.05, 0) is 24.3 Å². The van der Waals surface area contributed by atoms with Gasteiger partial charge in [0.15, 0.2) is 14.9 Å². The third kappa shape index (κ3) is 4.24. The second-order valence-corrected chi connectivity index (χ2v) is 8.04. The second-order valence-electron chi connectivity index (χ2n) is 5.71. The number of aromatic nitrogens is 3. The molecule has 0 saturated heterocycles. The second kappa shape index (κ2) is 7.49. The Morgan fingerprint density at radius 1 is 1.21 bits per heavy atom. The lowest BCUT2D eigenvalue weighted by molar-refractivity contribution is 0.0696. The Labute approximate surface area is 164 Å². The van der Waals surface area contributed by atoms with Gasteiger partial charge in [0, 0.05) is 41.7 Å². The number of sulfone groups is 1. The lowest BCUT2D eigenvalue weighted by Gasteiger charge is -2.11. The lowest BCUT2D eigenvalue weighted by atomic mass is 10.1. The van der Waals surface area contributed by atoms with Gasteiger partial charge in [0.1, 0.15) is 5.82 Å². The van der Waals surface area contributed by atoms with E-state index in [-0.39, 0.29) is 32.7 Å². The van der Waals surface area contributed by atoms with Crippen LogP contribution in [-0.4, -0.2) is 40.7 Å². The minimum Gasteiger partial charge on any atom is -0.478 e. The molecule has 0 bridgehead atoms. The van der Waals surface area contributed by atoms with Crippen molar-refractivity contribution in [1.82, 2.24) is 15.0 Å². The smallest absolute Gasteiger partial charge is 0.337 e. The number of anilines is 2. The number of benzene rings is 1. The van der Waals surface area contributed by atoms with Crippen LogP contribution in [0.1, 0.15) is 10.4 Å². The number of halogens is 2. The van der Waals surface area contributed by atoms with E-state index in [0.717, 1.165) is 18.5 Å². The Hall–Kier alpha value is -3.11. The number of pyridine rings is 1. The molecule has 2 aromatic heterocycles. The Bertz CT molecular complexity index is 1190. The van der Waals surface area contributed by atoms with Gasteiger partial charge in [0.05, 0.1) is 10.6 Å². The van der Waals surface area contributed by atoms with Crippen LogP contribution >= 0.6 is 11.6 Å². The third-order valence-corrected chi connectivity index (χ3v) is 4.88. The van der Waals surface area contributed by atoms with Gasteiger partial charge in [-0.25, -0.2) is 27.6 Å². The fourth-order valence-electron chi connectivity index (χ4n) is 2.31. The molecule has 11 heteroatoms. The van der Waals surface area contributed by atoms with Crippen molar-refractivity contribution in [3.63, 3.8) is 0 Å². The quantitative estimate of drug-likeness (QED) is 0.601. The fraction of sp³-hybridized carbons (Fsp3) is 0.0588. The van der Waals surface area contributed by atoms with Crippen LogP contribution in [0.3, 0.4) is 0 Å². The van der Waals surface area contributed by atoms with E-state index < -0.39 is 21.6 Å². The maximum Gasteiger partial charge on any atom is 0.337 e. The predicted octanol–water partition coefficient (Wildman–Crippen LogP) is 3.18. The average molecular weight is 423 g/mol.